The summed E-state index contributed by atoms with van der Waals surface area (Å²) in [5.41, 5.74) is 5.25. The average molecular weight is 456 g/mol. The predicted molar refractivity (Wildman–Crippen MR) is 129 cm³/mol. The van der Waals surface area contributed by atoms with Crippen molar-refractivity contribution in [2.75, 3.05) is 0 Å². The highest BCUT2D eigenvalue weighted by molar-refractivity contribution is 5.81. The number of imidazole rings is 1. The number of halogens is 2. The molecule has 0 fully saturated rings. The lowest BCUT2D eigenvalue weighted by atomic mass is 9.86. The Kier molecular flexibility index (Phi) is 6.04. The second kappa shape index (κ2) is 9.43. The van der Waals surface area contributed by atoms with Crippen molar-refractivity contribution in [3.05, 3.63) is 130 Å². The van der Waals surface area contributed by atoms with Gasteiger partial charge in [-0.25, -0.2) is 13.6 Å². The molecule has 0 aliphatic rings. The number of pyridine rings is 1. The number of aryl methyl sites for hydroxylation is 1. The Morgan fingerprint density at radius 1 is 0.824 bits per heavy atom. The van der Waals surface area contributed by atoms with Gasteiger partial charge in [-0.1, -0.05) is 36.4 Å². The number of fused-ring (bicyclic) bond motifs is 1. The predicted octanol–water partition coefficient (Wildman–Crippen LogP) is 6.15. The number of rotatable bonds is 7. The van der Waals surface area contributed by atoms with Crippen molar-refractivity contribution in [2.24, 2.45) is 0 Å². The van der Waals surface area contributed by atoms with Gasteiger partial charge in [-0.05, 0) is 78.4 Å². The van der Waals surface area contributed by atoms with Crippen LogP contribution in [0, 0.1) is 11.6 Å². The first kappa shape index (κ1) is 21.8. The summed E-state index contributed by atoms with van der Waals surface area (Å²) < 4.78 is 28.7. The van der Waals surface area contributed by atoms with E-state index in [4.69, 9.17) is 0 Å². The van der Waals surface area contributed by atoms with E-state index in [2.05, 4.69) is 9.97 Å². The third kappa shape index (κ3) is 4.39. The van der Waals surface area contributed by atoms with Crippen LogP contribution >= 0.6 is 0 Å². The maximum Gasteiger partial charge on any atom is 0.331 e. The van der Waals surface area contributed by atoms with Crippen LogP contribution < -0.4 is 5.69 Å². The Morgan fingerprint density at radius 3 is 2.06 bits per heavy atom. The first-order valence-corrected chi connectivity index (χ1v) is 11.2. The van der Waals surface area contributed by atoms with E-state index in [1.807, 2.05) is 30.3 Å². The van der Waals surface area contributed by atoms with Gasteiger partial charge in [0.1, 0.15) is 11.6 Å². The van der Waals surface area contributed by atoms with Crippen LogP contribution in [-0.4, -0.2) is 14.5 Å². The number of nitrogens with one attached hydrogen (secondary N) is 1. The molecule has 3 aromatic carbocycles. The molecule has 0 radical (unpaired) electrons. The van der Waals surface area contributed by atoms with Gasteiger partial charge in [0.15, 0.2) is 0 Å². The normalized spacial score (nSPS) is 11.4. The molecule has 1 N–H and O–H groups in total. The highest BCUT2D eigenvalue weighted by Crippen LogP contribution is 2.31. The fourth-order valence-electron chi connectivity index (χ4n) is 4.58. The second-order valence-corrected chi connectivity index (χ2v) is 8.33. The SMILES string of the molecule is O=c1[nH]c2cccc(CCCC(c3ccc(F)cc3)c3ccc(F)cc3)c2n1-c1ccncc1. The van der Waals surface area contributed by atoms with Crippen LogP contribution in [0.1, 0.15) is 35.4 Å². The maximum absolute atomic E-state index is 13.5. The highest BCUT2D eigenvalue weighted by atomic mass is 19.1. The average Bonchev–Trinajstić information content (AvgIpc) is 3.20. The molecule has 0 bridgehead atoms. The molecule has 6 heteroatoms. The van der Waals surface area contributed by atoms with Gasteiger partial charge in [0, 0.05) is 18.3 Å². The third-order valence-corrected chi connectivity index (χ3v) is 6.19. The number of nitrogens with zero attached hydrogens (tertiary/aromatic N) is 2. The van der Waals surface area contributed by atoms with E-state index in [9.17, 15) is 13.6 Å². The lowest BCUT2D eigenvalue weighted by Crippen LogP contribution is -2.15. The van der Waals surface area contributed by atoms with Gasteiger partial charge in [0.2, 0.25) is 0 Å². The summed E-state index contributed by atoms with van der Waals surface area (Å²) in [5.74, 6) is -0.557. The van der Waals surface area contributed by atoms with Crippen molar-refractivity contribution in [1.82, 2.24) is 14.5 Å². The van der Waals surface area contributed by atoms with Crippen LogP contribution in [0.5, 0.6) is 0 Å². The van der Waals surface area contributed by atoms with Crippen molar-refractivity contribution in [2.45, 2.75) is 25.2 Å². The smallest absolute Gasteiger partial charge is 0.305 e. The summed E-state index contributed by atoms with van der Waals surface area (Å²) in [6, 6.07) is 22.5. The molecule has 0 amide bonds. The summed E-state index contributed by atoms with van der Waals surface area (Å²) in [5, 5.41) is 0. The minimum absolute atomic E-state index is 0.00835. The fourth-order valence-corrected chi connectivity index (χ4v) is 4.58. The summed E-state index contributed by atoms with van der Waals surface area (Å²) in [4.78, 5) is 19.7. The molecule has 2 aromatic heterocycles. The van der Waals surface area contributed by atoms with Gasteiger partial charge in [0.25, 0.3) is 0 Å². The lowest BCUT2D eigenvalue weighted by molar-refractivity contribution is 0.618. The second-order valence-electron chi connectivity index (χ2n) is 8.33. The third-order valence-electron chi connectivity index (χ3n) is 6.19. The zero-order valence-corrected chi connectivity index (χ0v) is 18.4. The number of H-pyrrole nitrogens is 1. The van der Waals surface area contributed by atoms with Crippen LogP contribution in [0.15, 0.2) is 96.1 Å². The number of benzene rings is 3. The number of para-hydroxylation sites is 1. The van der Waals surface area contributed by atoms with Gasteiger partial charge in [-0.15, -0.1) is 0 Å². The molecule has 0 saturated heterocycles. The molecule has 0 aliphatic carbocycles. The first-order valence-electron chi connectivity index (χ1n) is 11.2. The van der Waals surface area contributed by atoms with Gasteiger partial charge in [-0.3, -0.25) is 9.55 Å². The number of aromatic nitrogens is 3. The minimum Gasteiger partial charge on any atom is -0.305 e. The molecule has 0 atom stereocenters. The zero-order valence-electron chi connectivity index (χ0n) is 18.4. The lowest BCUT2D eigenvalue weighted by Gasteiger charge is -2.18. The Bertz CT molecular complexity index is 1410. The molecule has 5 rings (SSSR count). The van der Waals surface area contributed by atoms with E-state index >= 15 is 0 Å². The number of aromatic amines is 1. The summed E-state index contributed by atoms with van der Waals surface area (Å²) in [6.07, 6.45) is 5.70. The zero-order chi connectivity index (χ0) is 23.5. The number of hydrogen-bond donors (Lipinski definition) is 1. The van der Waals surface area contributed by atoms with Crippen LogP contribution in [0.4, 0.5) is 8.78 Å². The van der Waals surface area contributed by atoms with Crippen LogP contribution in [-0.2, 0) is 6.42 Å². The molecule has 4 nitrogen and oxygen atoms in total. The van der Waals surface area contributed by atoms with E-state index in [0.717, 1.165) is 52.7 Å². The van der Waals surface area contributed by atoms with E-state index in [-0.39, 0.29) is 23.2 Å². The van der Waals surface area contributed by atoms with Crippen molar-refractivity contribution in [3.63, 3.8) is 0 Å². The molecule has 0 spiro atoms. The Morgan fingerprint density at radius 2 is 1.44 bits per heavy atom. The van der Waals surface area contributed by atoms with Crippen LogP contribution in [0.25, 0.3) is 16.7 Å². The van der Waals surface area contributed by atoms with Crippen molar-refractivity contribution in [3.8, 4) is 5.69 Å². The number of hydrogen-bond acceptors (Lipinski definition) is 2. The fraction of sp³-hybridized carbons (Fsp3) is 0.143. The summed E-state index contributed by atoms with van der Waals surface area (Å²) >= 11 is 0. The Balaban J connectivity index is 1.44. The monoisotopic (exact) mass is 455 g/mol. The molecular formula is C28H23F2N3O. The minimum atomic E-state index is -0.283. The van der Waals surface area contributed by atoms with Crippen LogP contribution in [0.2, 0.25) is 0 Å². The van der Waals surface area contributed by atoms with E-state index in [0.29, 0.717) is 0 Å². The summed E-state index contributed by atoms with van der Waals surface area (Å²) in [6.45, 7) is 0. The Labute approximate surface area is 195 Å². The van der Waals surface area contributed by atoms with Gasteiger partial charge in [0.05, 0.1) is 16.7 Å². The van der Waals surface area contributed by atoms with Gasteiger partial charge < -0.3 is 4.98 Å². The first-order chi connectivity index (χ1) is 16.6. The van der Waals surface area contributed by atoms with Crippen LogP contribution in [0.3, 0.4) is 0 Å². The van der Waals surface area contributed by atoms with Gasteiger partial charge >= 0.3 is 5.69 Å². The van der Waals surface area contributed by atoms with Crippen molar-refractivity contribution < 1.29 is 8.78 Å². The molecule has 170 valence electrons. The van der Waals surface area contributed by atoms with E-state index in [1.54, 1.807) is 41.2 Å². The Hall–Kier alpha value is -4.06. The molecule has 2 heterocycles. The standard InChI is InChI=1S/C28H23F2N3O/c29-22-11-7-19(8-12-22)25(20-9-13-23(30)14-10-20)5-1-3-21-4-2-6-26-27(21)33(28(34)32-26)24-15-17-31-18-16-24/h2,4,6-18,25H,1,3,5H2,(H,32,34). The molecule has 34 heavy (non-hydrogen) atoms. The molecular weight excluding hydrogens is 432 g/mol. The quantitative estimate of drug-likeness (QED) is 0.320. The van der Waals surface area contributed by atoms with Crippen molar-refractivity contribution in [1.29, 1.82) is 0 Å². The maximum atomic E-state index is 13.5. The van der Waals surface area contributed by atoms with E-state index < -0.39 is 0 Å². The molecule has 5 aromatic rings. The molecule has 0 unspecified atom stereocenters. The topological polar surface area (TPSA) is 50.7 Å². The summed E-state index contributed by atoms with van der Waals surface area (Å²) in [7, 11) is 0. The van der Waals surface area contributed by atoms with Gasteiger partial charge in [-0.2, -0.15) is 0 Å². The largest absolute Gasteiger partial charge is 0.331 e. The molecule has 0 saturated carbocycles. The van der Waals surface area contributed by atoms with Crippen molar-refractivity contribution >= 4 is 11.0 Å². The molecule has 0 aliphatic heterocycles. The highest BCUT2D eigenvalue weighted by Gasteiger charge is 2.17. The van der Waals surface area contributed by atoms with E-state index in [1.165, 1.54) is 24.3 Å².